The standard InChI is InChI=1S/C26H20FNO6/c1-3-32-23-15-16(4-13-22(23)33-25(29)18-5-9-19(27)10-6-18)14-21-26(30)34-24(28-21)17-7-11-20(31-2)12-8-17/h4-15H,3H2,1-2H3/b21-14+. The van der Waals surface area contributed by atoms with Crippen LogP contribution in [0.5, 0.6) is 17.2 Å². The first kappa shape index (κ1) is 22.7. The Labute approximate surface area is 195 Å². The number of benzene rings is 3. The predicted molar refractivity (Wildman–Crippen MR) is 123 cm³/mol. The molecule has 1 heterocycles. The lowest BCUT2D eigenvalue weighted by Gasteiger charge is -2.11. The van der Waals surface area contributed by atoms with Crippen molar-refractivity contribution < 1.29 is 32.9 Å². The van der Waals surface area contributed by atoms with Crippen molar-refractivity contribution in [1.82, 2.24) is 0 Å². The van der Waals surface area contributed by atoms with Gasteiger partial charge < -0.3 is 18.9 Å². The Balaban J connectivity index is 1.57. The van der Waals surface area contributed by atoms with Crippen LogP contribution in [0.2, 0.25) is 0 Å². The number of nitrogens with zero attached hydrogens (tertiary/aromatic N) is 1. The summed E-state index contributed by atoms with van der Waals surface area (Å²) in [4.78, 5) is 29.0. The average Bonchev–Trinajstić information content (AvgIpc) is 3.21. The highest BCUT2D eigenvalue weighted by Crippen LogP contribution is 2.31. The van der Waals surface area contributed by atoms with E-state index in [0.717, 1.165) is 0 Å². The summed E-state index contributed by atoms with van der Waals surface area (Å²) in [6.45, 7) is 2.11. The lowest BCUT2D eigenvalue weighted by Crippen LogP contribution is -2.09. The van der Waals surface area contributed by atoms with Crippen LogP contribution in [0.4, 0.5) is 4.39 Å². The molecule has 1 aliphatic heterocycles. The van der Waals surface area contributed by atoms with E-state index in [9.17, 15) is 14.0 Å². The van der Waals surface area contributed by atoms with Crippen molar-refractivity contribution in [2.45, 2.75) is 6.92 Å². The van der Waals surface area contributed by atoms with E-state index in [1.807, 2.05) is 0 Å². The van der Waals surface area contributed by atoms with E-state index in [1.54, 1.807) is 62.6 Å². The highest BCUT2D eigenvalue weighted by molar-refractivity contribution is 6.12. The van der Waals surface area contributed by atoms with Gasteiger partial charge in [0.05, 0.1) is 19.3 Å². The maximum atomic E-state index is 13.1. The van der Waals surface area contributed by atoms with Crippen molar-refractivity contribution in [2.75, 3.05) is 13.7 Å². The van der Waals surface area contributed by atoms with Crippen LogP contribution in [0.1, 0.15) is 28.4 Å². The second-order valence-electron chi connectivity index (χ2n) is 7.10. The summed E-state index contributed by atoms with van der Waals surface area (Å²) in [5, 5.41) is 0. The first-order valence-corrected chi connectivity index (χ1v) is 10.4. The first-order valence-electron chi connectivity index (χ1n) is 10.4. The first-order chi connectivity index (χ1) is 16.5. The summed E-state index contributed by atoms with van der Waals surface area (Å²) in [6.07, 6.45) is 1.55. The van der Waals surface area contributed by atoms with Gasteiger partial charge >= 0.3 is 11.9 Å². The van der Waals surface area contributed by atoms with Gasteiger partial charge in [-0.15, -0.1) is 0 Å². The molecule has 0 aliphatic carbocycles. The topological polar surface area (TPSA) is 83.4 Å². The van der Waals surface area contributed by atoms with Crippen molar-refractivity contribution in [1.29, 1.82) is 0 Å². The second kappa shape index (κ2) is 9.99. The smallest absolute Gasteiger partial charge is 0.363 e. The van der Waals surface area contributed by atoms with Crippen LogP contribution in [0.25, 0.3) is 6.08 Å². The molecular weight excluding hydrogens is 441 g/mol. The van der Waals surface area contributed by atoms with Crippen molar-refractivity contribution in [3.05, 3.63) is 94.9 Å². The molecule has 0 saturated carbocycles. The van der Waals surface area contributed by atoms with E-state index in [4.69, 9.17) is 18.9 Å². The van der Waals surface area contributed by atoms with E-state index < -0.39 is 17.8 Å². The Morgan fingerprint density at radius 2 is 1.76 bits per heavy atom. The summed E-state index contributed by atoms with van der Waals surface area (Å²) in [6, 6.07) is 16.8. The number of aliphatic imine (C=N–C) groups is 1. The number of rotatable bonds is 7. The lowest BCUT2D eigenvalue weighted by molar-refractivity contribution is -0.129. The molecule has 34 heavy (non-hydrogen) atoms. The summed E-state index contributed by atoms with van der Waals surface area (Å²) >= 11 is 0. The summed E-state index contributed by atoms with van der Waals surface area (Å²) in [5.41, 5.74) is 1.54. The molecule has 0 aromatic heterocycles. The molecule has 0 saturated heterocycles. The molecule has 0 amide bonds. The maximum Gasteiger partial charge on any atom is 0.363 e. The summed E-state index contributed by atoms with van der Waals surface area (Å²) in [5.74, 6) is -0.336. The normalized spacial score (nSPS) is 13.9. The van der Waals surface area contributed by atoms with Crippen LogP contribution in [0.3, 0.4) is 0 Å². The largest absolute Gasteiger partial charge is 0.497 e. The number of ether oxygens (including phenoxy) is 4. The van der Waals surface area contributed by atoms with Crippen molar-refractivity contribution in [3.8, 4) is 17.2 Å². The fourth-order valence-corrected chi connectivity index (χ4v) is 3.14. The molecule has 7 nitrogen and oxygen atoms in total. The van der Waals surface area contributed by atoms with Crippen LogP contribution in [-0.4, -0.2) is 31.6 Å². The zero-order chi connectivity index (χ0) is 24.1. The fraction of sp³-hybridized carbons (Fsp3) is 0.115. The zero-order valence-corrected chi connectivity index (χ0v) is 18.4. The van der Waals surface area contributed by atoms with E-state index in [0.29, 0.717) is 29.2 Å². The lowest BCUT2D eigenvalue weighted by atomic mass is 10.1. The molecule has 0 radical (unpaired) electrons. The number of esters is 2. The molecule has 0 N–H and O–H groups in total. The zero-order valence-electron chi connectivity index (χ0n) is 18.4. The Hall–Kier alpha value is -4.46. The molecule has 0 bridgehead atoms. The third kappa shape index (κ3) is 5.12. The molecule has 4 rings (SSSR count). The highest BCUT2D eigenvalue weighted by atomic mass is 19.1. The number of cyclic esters (lactones) is 1. The van der Waals surface area contributed by atoms with Crippen molar-refractivity contribution in [2.24, 2.45) is 4.99 Å². The van der Waals surface area contributed by atoms with Crippen LogP contribution in [0.15, 0.2) is 77.4 Å². The van der Waals surface area contributed by atoms with Gasteiger partial charge in [-0.05, 0) is 79.2 Å². The minimum absolute atomic E-state index is 0.115. The molecule has 0 atom stereocenters. The van der Waals surface area contributed by atoms with Gasteiger partial charge in [0.1, 0.15) is 11.6 Å². The van der Waals surface area contributed by atoms with Crippen molar-refractivity contribution in [3.63, 3.8) is 0 Å². The van der Waals surface area contributed by atoms with Crippen LogP contribution in [0, 0.1) is 5.82 Å². The number of carbonyl (C=O) groups is 2. The highest BCUT2D eigenvalue weighted by Gasteiger charge is 2.24. The number of methoxy groups -OCH3 is 1. The molecule has 8 heteroatoms. The van der Waals surface area contributed by atoms with Gasteiger partial charge in [-0.25, -0.2) is 19.0 Å². The Bertz CT molecular complexity index is 1280. The van der Waals surface area contributed by atoms with Crippen LogP contribution in [-0.2, 0) is 9.53 Å². The third-order valence-electron chi connectivity index (χ3n) is 4.81. The molecule has 1 aliphatic rings. The molecule has 0 unspecified atom stereocenters. The summed E-state index contributed by atoms with van der Waals surface area (Å²) in [7, 11) is 1.56. The van der Waals surface area contributed by atoms with Gasteiger partial charge in [-0.3, -0.25) is 0 Å². The monoisotopic (exact) mass is 461 g/mol. The minimum atomic E-state index is -0.653. The molecule has 0 fully saturated rings. The second-order valence-corrected chi connectivity index (χ2v) is 7.10. The van der Waals surface area contributed by atoms with Gasteiger partial charge in [0.2, 0.25) is 5.90 Å². The van der Waals surface area contributed by atoms with Gasteiger partial charge in [0.15, 0.2) is 17.2 Å². The molecule has 172 valence electrons. The Kier molecular flexibility index (Phi) is 6.68. The van der Waals surface area contributed by atoms with E-state index in [-0.39, 0.29) is 22.9 Å². The van der Waals surface area contributed by atoms with Crippen LogP contribution < -0.4 is 14.2 Å². The number of hydrogen-bond donors (Lipinski definition) is 0. The van der Waals surface area contributed by atoms with E-state index in [2.05, 4.69) is 4.99 Å². The molecule has 3 aromatic rings. The number of halogens is 1. The average molecular weight is 461 g/mol. The van der Waals surface area contributed by atoms with Gasteiger partial charge in [0.25, 0.3) is 0 Å². The SMILES string of the molecule is CCOc1cc(/C=C2/N=C(c3ccc(OC)cc3)OC2=O)ccc1OC(=O)c1ccc(F)cc1. The van der Waals surface area contributed by atoms with Crippen molar-refractivity contribution >= 4 is 23.9 Å². The maximum absolute atomic E-state index is 13.1. The third-order valence-corrected chi connectivity index (χ3v) is 4.81. The molecule has 3 aromatic carbocycles. The number of hydrogen-bond acceptors (Lipinski definition) is 7. The fourth-order valence-electron chi connectivity index (χ4n) is 3.14. The Morgan fingerprint density at radius 3 is 2.44 bits per heavy atom. The quantitative estimate of drug-likeness (QED) is 0.286. The minimum Gasteiger partial charge on any atom is -0.497 e. The van der Waals surface area contributed by atoms with E-state index in [1.165, 1.54) is 24.3 Å². The van der Waals surface area contributed by atoms with Gasteiger partial charge in [-0.2, -0.15) is 0 Å². The van der Waals surface area contributed by atoms with Gasteiger partial charge in [0, 0.05) is 5.56 Å². The Morgan fingerprint density at radius 1 is 1.03 bits per heavy atom. The summed E-state index contributed by atoms with van der Waals surface area (Å²) < 4.78 is 34.6. The molecule has 0 spiro atoms. The van der Waals surface area contributed by atoms with Gasteiger partial charge in [-0.1, -0.05) is 6.07 Å². The molecular formula is C26H20FNO6. The van der Waals surface area contributed by atoms with E-state index >= 15 is 0 Å². The predicted octanol–water partition coefficient (Wildman–Crippen LogP) is 4.80. The van der Waals surface area contributed by atoms with Crippen LogP contribution >= 0.6 is 0 Å². The number of carbonyl (C=O) groups excluding carboxylic acids is 2.